The van der Waals surface area contributed by atoms with Crippen molar-refractivity contribution >= 4 is 0 Å². The Morgan fingerprint density at radius 1 is 1.67 bits per heavy atom. The van der Waals surface area contributed by atoms with Gasteiger partial charge in [0.05, 0.1) is 0 Å². The molecule has 0 aromatic rings. The zero-order valence-electron chi connectivity index (χ0n) is 6.28. The van der Waals surface area contributed by atoms with Crippen molar-refractivity contribution in [1.29, 1.82) is 0 Å². The Labute approximate surface area is 57.1 Å². The Balaban J connectivity index is 2.39. The Bertz CT molecular complexity index is 116. The highest BCUT2D eigenvalue weighted by molar-refractivity contribution is 5.00. The van der Waals surface area contributed by atoms with Crippen LogP contribution in [-0.4, -0.2) is 6.54 Å². The molecule has 1 saturated heterocycles. The van der Waals surface area contributed by atoms with Crippen LogP contribution in [0.25, 0.3) is 0 Å². The molecule has 1 rings (SSSR count). The van der Waals surface area contributed by atoms with E-state index in [2.05, 4.69) is 25.7 Å². The first-order valence-corrected chi connectivity index (χ1v) is 3.62. The predicted octanol–water partition coefficient (Wildman–Crippen LogP) is 1.77. The molecule has 0 aliphatic carbocycles. The molecule has 0 aromatic heterocycles. The van der Waals surface area contributed by atoms with Crippen molar-refractivity contribution in [2.75, 3.05) is 6.54 Å². The third-order valence-electron chi connectivity index (χ3n) is 2.07. The Hall–Kier alpha value is -0.460. The summed E-state index contributed by atoms with van der Waals surface area (Å²) in [6.45, 7) is 9.55. The molecule has 0 spiro atoms. The molecule has 0 aromatic carbocycles. The Morgan fingerprint density at radius 2 is 2.33 bits per heavy atom. The van der Waals surface area contributed by atoms with E-state index in [1.807, 2.05) is 0 Å². The van der Waals surface area contributed by atoms with Gasteiger partial charge in [0, 0.05) is 12.2 Å². The van der Waals surface area contributed by atoms with E-state index < -0.39 is 0 Å². The standard InChI is InChI=1S/C8H15N/c1-6(2)8-4-7(3)9-5-8/h6,8-9H,3-5H2,1-2H3. The number of nitrogens with one attached hydrogen (secondary N) is 1. The van der Waals surface area contributed by atoms with Crippen LogP contribution < -0.4 is 5.32 Å². The second-order valence-corrected chi connectivity index (χ2v) is 3.19. The largest absolute Gasteiger partial charge is 0.389 e. The molecule has 1 N–H and O–H groups in total. The molecule has 0 saturated carbocycles. The maximum Gasteiger partial charge on any atom is 0.0178 e. The van der Waals surface area contributed by atoms with Crippen molar-refractivity contribution in [2.24, 2.45) is 11.8 Å². The summed E-state index contributed by atoms with van der Waals surface area (Å²) in [6.07, 6.45) is 1.18. The van der Waals surface area contributed by atoms with Crippen molar-refractivity contribution in [2.45, 2.75) is 20.3 Å². The van der Waals surface area contributed by atoms with Crippen LogP contribution >= 0.6 is 0 Å². The fraction of sp³-hybridized carbons (Fsp3) is 0.750. The molecular formula is C8H15N. The quantitative estimate of drug-likeness (QED) is 0.563. The summed E-state index contributed by atoms with van der Waals surface area (Å²) < 4.78 is 0. The molecule has 1 nitrogen and oxygen atoms in total. The third-order valence-corrected chi connectivity index (χ3v) is 2.07. The lowest BCUT2D eigenvalue weighted by atomic mass is 9.95. The predicted molar refractivity (Wildman–Crippen MR) is 40.1 cm³/mol. The van der Waals surface area contributed by atoms with Crippen LogP contribution in [0.1, 0.15) is 20.3 Å². The number of allylic oxidation sites excluding steroid dienone is 1. The number of rotatable bonds is 1. The molecule has 1 aliphatic heterocycles. The fourth-order valence-corrected chi connectivity index (χ4v) is 1.21. The Morgan fingerprint density at radius 3 is 2.56 bits per heavy atom. The monoisotopic (exact) mass is 125 g/mol. The van der Waals surface area contributed by atoms with Gasteiger partial charge in [0.15, 0.2) is 0 Å². The minimum Gasteiger partial charge on any atom is -0.389 e. The average Bonchev–Trinajstić information content (AvgIpc) is 2.14. The van der Waals surface area contributed by atoms with Gasteiger partial charge in [-0.3, -0.25) is 0 Å². The first-order valence-electron chi connectivity index (χ1n) is 3.62. The Kier molecular flexibility index (Phi) is 1.79. The summed E-state index contributed by atoms with van der Waals surface area (Å²) in [5.41, 5.74) is 1.22. The summed E-state index contributed by atoms with van der Waals surface area (Å²) in [5, 5.41) is 3.26. The van der Waals surface area contributed by atoms with E-state index in [4.69, 9.17) is 0 Å². The van der Waals surface area contributed by atoms with Crippen LogP contribution in [0, 0.1) is 11.8 Å². The van der Waals surface area contributed by atoms with Crippen LogP contribution in [0.2, 0.25) is 0 Å². The van der Waals surface area contributed by atoms with Crippen LogP contribution in [-0.2, 0) is 0 Å². The van der Waals surface area contributed by atoms with Crippen molar-refractivity contribution in [3.8, 4) is 0 Å². The second-order valence-electron chi connectivity index (χ2n) is 3.19. The second kappa shape index (κ2) is 2.42. The maximum absolute atomic E-state index is 3.88. The minimum atomic E-state index is 0.803. The highest BCUT2D eigenvalue weighted by atomic mass is 14.9. The van der Waals surface area contributed by atoms with Gasteiger partial charge >= 0.3 is 0 Å². The van der Waals surface area contributed by atoms with Crippen LogP contribution in [0.4, 0.5) is 0 Å². The summed E-state index contributed by atoms with van der Waals surface area (Å²) in [6, 6.07) is 0. The van der Waals surface area contributed by atoms with Crippen LogP contribution in [0.5, 0.6) is 0 Å². The molecule has 0 amide bonds. The van der Waals surface area contributed by atoms with Gasteiger partial charge in [-0.05, 0) is 18.3 Å². The minimum absolute atomic E-state index is 0.803. The average molecular weight is 125 g/mol. The molecule has 1 heteroatoms. The third kappa shape index (κ3) is 1.47. The lowest BCUT2D eigenvalue weighted by molar-refractivity contribution is 0.422. The highest BCUT2D eigenvalue weighted by Gasteiger charge is 2.19. The lowest BCUT2D eigenvalue weighted by Gasteiger charge is -2.10. The number of hydrogen-bond donors (Lipinski definition) is 1. The van der Waals surface area contributed by atoms with Crippen molar-refractivity contribution in [3.05, 3.63) is 12.3 Å². The van der Waals surface area contributed by atoms with Crippen molar-refractivity contribution < 1.29 is 0 Å². The molecule has 1 aliphatic rings. The smallest absolute Gasteiger partial charge is 0.0178 e. The van der Waals surface area contributed by atoms with Crippen LogP contribution in [0.3, 0.4) is 0 Å². The number of hydrogen-bond acceptors (Lipinski definition) is 1. The van der Waals surface area contributed by atoms with Crippen LogP contribution in [0.15, 0.2) is 12.3 Å². The molecule has 1 unspecified atom stereocenters. The zero-order valence-corrected chi connectivity index (χ0v) is 6.28. The van der Waals surface area contributed by atoms with E-state index in [1.54, 1.807) is 0 Å². The van der Waals surface area contributed by atoms with E-state index in [1.165, 1.54) is 12.1 Å². The maximum atomic E-state index is 3.88. The molecule has 1 atom stereocenters. The molecule has 0 radical (unpaired) electrons. The van der Waals surface area contributed by atoms with E-state index in [0.29, 0.717) is 0 Å². The molecule has 1 fully saturated rings. The SMILES string of the molecule is C=C1CC(C(C)C)CN1. The molecular weight excluding hydrogens is 110 g/mol. The molecule has 0 bridgehead atoms. The van der Waals surface area contributed by atoms with E-state index in [0.717, 1.165) is 18.4 Å². The van der Waals surface area contributed by atoms with E-state index >= 15 is 0 Å². The highest BCUT2D eigenvalue weighted by Crippen LogP contribution is 2.22. The summed E-state index contributed by atoms with van der Waals surface area (Å²) in [5.74, 6) is 1.63. The van der Waals surface area contributed by atoms with Gasteiger partial charge in [0.25, 0.3) is 0 Å². The first-order chi connectivity index (χ1) is 4.20. The first kappa shape index (κ1) is 6.66. The van der Waals surface area contributed by atoms with Gasteiger partial charge in [-0.2, -0.15) is 0 Å². The zero-order chi connectivity index (χ0) is 6.85. The normalized spacial score (nSPS) is 27.0. The molecule has 1 heterocycles. The van der Waals surface area contributed by atoms with Gasteiger partial charge in [-0.1, -0.05) is 20.4 Å². The van der Waals surface area contributed by atoms with Gasteiger partial charge in [0.1, 0.15) is 0 Å². The van der Waals surface area contributed by atoms with Gasteiger partial charge in [-0.25, -0.2) is 0 Å². The van der Waals surface area contributed by atoms with Gasteiger partial charge in [0.2, 0.25) is 0 Å². The molecule has 9 heavy (non-hydrogen) atoms. The van der Waals surface area contributed by atoms with Crippen molar-refractivity contribution in [1.82, 2.24) is 5.32 Å². The fourth-order valence-electron chi connectivity index (χ4n) is 1.21. The molecule has 52 valence electrons. The van der Waals surface area contributed by atoms with E-state index in [9.17, 15) is 0 Å². The lowest BCUT2D eigenvalue weighted by Crippen LogP contribution is -2.12. The van der Waals surface area contributed by atoms with Gasteiger partial charge in [-0.15, -0.1) is 0 Å². The summed E-state index contributed by atoms with van der Waals surface area (Å²) in [7, 11) is 0. The topological polar surface area (TPSA) is 12.0 Å². The summed E-state index contributed by atoms with van der Waals surface area (Å²) in [4.78, 5) is 0. The van der Waals surface area contributed by atoms with Gasteiger partial charge < -0.3 is 5.32 Å². The summed E-state index contributed by atoms with van der Waals surface area (Å²) >= 11 is 0. The van der Waals surface area contributed by atoms with E-state index in [-0.39, 0.29) is 0 Å². The van der Waals surface area contributed by atoms with Crippen molar-refractivity contribution in [3.63, 3.8) is 0 Å².